The van der Waals surface area contributed by atoms with Crippen LogP contribution < -0.4 is 14.8 Å². The number of benzene rings is 2. The van der Waals surface area contributed by atoms with E-state index < -0.39 is 0 Å². The average molecular weight is 448 g/mol. The summed E-state index contributed by atoms with van der Waals surface area (Å²) in [4.78, 5) is 17.4. The van der Waals surface area contributed by atoms with Crippen molar-refractivity contribution in [1.82, 2.24) is 14.9 Å². The standard InChI is InChI=1S/C27H33N3O3/c1-18-13-20(15-27(2,3)14-18)29-26(31)22-16-28-17-30(22)21-11-9-19(10-12-21)25-23(32-4)7-6-8-24(25)33-5/h6-12,16-18,20H,13-15H2,1-5H3,(H,29,31)/t18-,20-/m0/s1. The minimum atomic E-state index is -0.0853. The van der Waals surface area contributed by atoms with Gasteiger partial charge >= 0.3 is 0 Å². The summed E-state index contributed by atoms with van der Waals surface area (Å²) in [6, 6.07) is 13.9. The van der Waals surface area contributed by atoms with Crippen molar-refractivity contribution >= 4 is 5.91 Å². The molecule has 1 aliphatic carbocycles. The molecule has 2 atom stereocenters. The van der Waals surface area contributed by atoms with Gasteiger partial charge in [0.2, 0.25) is 0 Å². The van der Waals surface area contributed by atoms with E-state index >= 15 is 0 Å². The number of ether oxygens (including phenoxy) is 2. The second-order valence-electron chi connectivity index (χ2n) is 9.82. The molecule has 0 spiro atoms. The molecule has 1 N–H and O–H groups in total. The molecule has 33 heavy (non-hydrogen) atoms. The molecule has 1 amide bonds. The van der Waals surface area contributed by atoms with E-state index in [1.807, 2.05) is 47.0 Å². The second kappa shape index (κ2) is 9.30. The van der Waals surface area contributed by atoms with E-state index in [-0.39, 0.29) is 17.4 Å². The zero-order chi connectivity index (χ0) is 23.6. The molecule has 6 heteroatoms. The van der Waals surface area contributed by atoms with Crippen LogP contribution in [0.5, 0.6) is 11.5 Å². The molecule has 0 bridgehead atoms. The summed E-state index contributed by atoms with van der Waals surface area (Å²) in [6.45, 7) is 6.83. The van der Waals surface area contributed by atoms with Gasteiger partial charge in [0.25, 0.3) is 5.91 Å². The van der Waals surface area contributed by atoms with Crippen molar-refractivity contribution < 1.29 is 14.3 Å². The monoisotopic (exact) mass is 447 g/mol. The average Bonchev–Trinajstić information content (AvgIpc) is 3.27. The second-order valence-corrected chi connectivity index (χ2v) is 9.82. The Morgan fingerprint density at radius 3 is 2.33 bits per heavy atom. The highest BCUT2D eigenvalue weighted by Crippen LogP contribution is 2.39. The Morgan fingerprint density at radius 2 is 1.73 bits per heavy atom. The summed E-state index contributed by atoms with van der Waals surface area (Å²) in [5.41, 5.74) is 3.51. The van der Waals surface area contributed by atoms with Gasteiger partial charge in [-0.3, -0.25) is 9.36 Å². The fourth-order valence-electron chi connectivity index (χ4n) is 5.31. The fraction of sp³-hybridized carbons (Fsp3) is 0.407. The maximum atomic E-state index is 13.1. The number of hydrogen-bond donors (Lipinski definition) is 1. The van der Waals surface area contributed by atoms with E-state index in [1.54, 1.807) is 26.7 Å². The van der Waals surface area contributed by atoms with Gasteiger partial charge in [-0.15, -0.1) is 0 Å². The Hall–Kier alpha value is -3.28. The molecule has 0 saturated heterocycles. The van der Waals surface area contributed by atoms with E-state index in [0.717, 1.165) is 41.2 Å². The zero-order valence-corrected chi connectivity index (χ0v) is 20.1. The number of nitrogens with zero attached hydrogens (tertiary/aromatic N) is 2. The van der Waals surface area contributed by atoms with Crippen molar-refractivity contribution in [3.05, 3.63) is 60.7 Å². The number of carbonyl (C=O) groups is 1. The van der Waals surface area contributed by atoms with Gasteiger partial charge in [0.05, 0.1) is 32.3 Å². The summed E-state index contributed by atoms with van der Waals surface area (Å²) < 4.78 is 12.9. The number of methoxy groups -OCH3 is 2. The molecule has 0 radical (unpaired) electrons. The molecule has 174 valence electrons. The minimum absolute atomic E-state index is 0.0853. The lowest BCUT2D eigenvalue weighted by atomic mass is 9.70. The van der Waals surface area contributed by atoms with Crippen LogP contribution in [0, 0.1) is 11.3 Å². The van der Waals surface area contributed by atoms with Crippen LogP contribution in [0.1, 0.15) is 50.5 Å². The molecule has 1 aliphatic rings. The van der Waals surface area contributed by atoms with Crippen LogP contribution in [0.15, 0.2) is 55.0 Å². The van der Waals surface area contributed by atoms with Crippen LogP contribution in [0.3, 0.4) is 0 Å². The fourth-order valence-corrected chi connectivity index (χ4v) is 5.31. The lowest BCUT2D eigenvalue weighted by molar-refractivity contribution is 0.0867. The molecule has 1 fully saturated rings. The molecule has 0 unspecified atom stereocenters. The van der Waals surface area contributed by atoms with E-state index in [4.69, 9.17) is 9.47 Å². The van der Waals surface area contributed by atoms with Gasteiger partial charge in [0.1, 0.15) is 17.2 Å². The molecular formula is C27H33N3O3. The Morgan fingerprint density at radius 1 is 1.06 bits per heavy atom. The van der Waals surface area contributed by atoms with Crippen molar-refractivity contribution in [2.24, 2.45) is 11.3 Å². The van der Waals surface area contributed by atoms with Gasteiger partial charge in [0.15, 0.2) is 0 Å². The summed E-state index contributed by atoms with van der Waals surface area (Å²) in [5, 5.41) is 3.25. The number of carbonyl (C=O) groups excluding carboxylic acids is 1. The summed E-state index contributed by atoms with van der Waals surface area (Å²) in [5.74, 6) is 2.00. The van der Waals surface area contributed by atoms with Crippen LogP contribution in [-0.4, -0.2) is 35.7 Å². The van der Waals surface area contributed by atoms with Crippen LogP contribution in [0.2, 0.25) is 0 Å². The first kappa shape index (κ1) is 22.9. The first-order chi connectivity index (χ1) is 15.8. The van der Waals surface area contributed by atoms with Crippen LogP contribution in [0.25, 0.3) is 16.8 Å². The molecule has 2 aromatic carbocycles. The lowest BCUT2D eigenvalue weighted by Crippen LogP contribution is -2.43. The molecule has 1 saturated carbocycles. The number of nitrogens with one attached hydrogen (secondary N) is 1. The molecule has 1 aromatic heterocycles. The predicted octanol–water partition coefficient (Wildman–Crippen LogP) is 5.50. The highest BCUT2D eigenvalue weighted by Gasteiger charge is 2.33. The van der Waals surface area contributed by atoms with E-state index in [1.165, 1.54) is 6.42 Å². The summed E-state index contributed by atoms with van der Waals surface area (Å²) in [6.07, 6.45) is 6.51. The number of hydrogen-bond acceptors (Lipinski definition) is 4. The molecule has 3 aromatic rings. The van der Waals surface area contributed by atoms with Crippen LogP contribution >= 0.6 is 0 Å². The highest BCUT2D eigenvalue weighted by molar-refractivity contribution is 5.93. The van der Waals surface area contributed by atoms with E-state index in [9.17, 15) is 4.79 Å². The number of amides is 1. The largest absolute Gasteiger partial charge is 0.496 e. The summed E-state index contributed by atoms with van der Waals surface area (Å²) in [7, 11) is 3.30. The number of aromatic nitrogens is 2. The highest BCUT2D eigenvalue weighted by atomic mass is 16.5. The number of rotatable bonds is 6. The molecular weight excluding hydrogens is 414 g/mol. The topological polar surface area (TPSA) is 65.4 Å². The van der Waals surface area contributed by atoms with Crippen LogP contribution in [-0.2, 0) is 0 Å². The van der Waals surface area contributed by atoms with Gasteiger partial charge in [-0.1, -0.05) is 39.0 Å². The first-order valence-electron chi connectivity index (χ1n) is 11.5. The van der Waals surface area contributed by atoms with Crippen molar-refractivity contribution in [2.45, 2.75) is 46.1 Å². The van der Waals surface area contributed by atoms with Gasteiger partial charge in [-0.25, -0.2) is 4.98 Å². The Bertz CT molecular complexity index is 1100. The Kier molecular flexibility index (Phi) is 6.45. The summed E-state index contributed by atoms with van der Waals surface area (Å²) >= 11 is 0. The zero-order valence-electron chi connectivity index (χ0n) is 20.1. The van der Waals surface area contributed by atoms with Gasteiger partial charge in [-0.05, 0) is 60.4 Å². The third-order valence-electron chi connectivity index (χ3n) is 6.46. The van der Waals surface area contributed by atoms with Gasteiger partial charge < -0.3 is 14.8 Å². The smallest absolute Gasteiger partial charge is 0.270 e. The van der Waals surface area contributed by atoms with Crippen molar-refractivity contribution in [3.63, 3.8) is 0 Å². The lowest BCUT2D eigenvalue weighted by Gasteiger charge is -2.39. The third-order valence-corrected chi connectivity index (χ3v) is 6.46. The van der Waals surface area contributed by atoms with E-state index in [2.05, 4.69) is 31.1 Å². The quantitative estimate of drug-likeness (QED) is 0.542. The van der Waals surface area contributed by atoms with Gasteiger partial charge in [-0.2, -0.15) is 0 Å². The van der Waals surface area contributed by atoms with Gasteiger partial charge in [0, 0.05) is 11.7 Å². The van der Waals surface area contributed by atoms with Crippen LogP contribution in [0.4, 0.5) is 0 Å². The predicted molar refractivity (Wildman–Crippen MR) is 130 cm³/mol. The normalized spacial score (nSPS) is 19.7. The van der Waals surface area contributed by atoms with Crippen molar-refractivity contribution in [1.29, 1.82) is 0 Å². The minimum Gasteiger partial charge on any atom is -0.496 e. The maximum Gasteiger partial charge on any atom is 0.270 e. The number of imidazole rings is 1. The Balaban J connectivity index is 1.57. The SMILES string of the molecule is COc1cccc(OC)c1-c1ccc(-n2cncc2C(=O)N[C@H]2C[C@H](C)CC(C)(C)C2)cc1. The van der Waals surface area contributed by atoms with Crippen molar-refractivity contribution in [3.8, 4) is 28.3 Å². The first-order valence-corrected chi connectivity index (χ1v) is 11.5. The van der Waals surface area contributed by atoms with Crippen molar-refractivity contribution in [2.75, 3.05) is 14.2 Å². The maximum absolute atomic E-state index is 13.1. The molecule has 1 heterocycles. The third kappa shape index (κ3) is 4.90. The molecule has 0 aliphatic heterocycles. The Labute approximate surface area is 195 Å². The van der Waals surface area contributed by atoms with E-state index in [0.29, 0.717) is 11.6 Å². The molecule has 4 rings (SSSR count). The molecule has 6 nitrogen and oxygen atoms in total.